The molecule has 0 fully saturated rings. The van der Waals surface area contributed by atoms with E-state index in [0.29, 0.717) is 0 Å². The summed E-state index contributed by atoms with van der Waals surface area (Å²) in [6, 6.07) is 0. The maximum Gasteiger partial charge on any atom is 0.163 e. The molecular formula is C9H13BrO2. The molecule has 0 aliphatic carbocycles. The molecule has 0 heterocycles. The molecule has 3 heteroatoms. The molecule has 0 aromatic rings. The van der Waals surface area contributed by atoms with Crippen LogP contribution in [0, 0.1) is 0 Å². The second-order valence-electron chi connectivity index (χ2n) is 3.23. The fraction of sp³-hybridized carbons (Fsp3) is 0.556. The number of rotatable bonds is 3. The fourth-order valence-corrected chi connectivity index (χ4v) is 1.02. The van der Waals surface area contributed by atoms with E-state index >= 15 is 0 Å². The number of allylic oxidation sites excluding steroid dienone is 2. The van der Waals surface area contributed by atoms with Gasteiger partial charge in [0.05, 0.1) is 5.57 Å². The number of carbonyl (C=O) groups is 2. The molecular weight excluding hydrogens is 220 g/mol. The molecule has 0 aliphatic heterocycles. The number of Topliss-reactive ketones (excluding diaryl/α,β-unsaturated/α-hetero) is 2. The van der Waals surface area contributed by atoms with Gasteiger partial charge in [-0.2, -0.15) is 0 Å². The first-order valence-corrected chi connectivity index (χ1v) is 4.47. The van der Waals surface area contributed by atoms with Gasteiger partial charge in [-0.3, -0.25) is 9.59 Å². The predicted molar refractivity (Wildman–Crippen MR) is 52.5 cm³/mol. The average molecular weight is 233 g/mol. The minimum Gasteiger partial charge on any atom is -0.294 e. The van der Waals surface area contributed by atoms with Crippen molar-refractivity contribution in [3.05, 3.63) is 11.6 Å². The standard InChI is InChI=1S/C9H13BrO2/c1-6(11)8(7(2)12)5-9(3,4)10/h5H,1-4H3. The Morgan fingerprint density at radius 3 is 1.58 bits per heavy atom. The van der Waals surface area contributed by atoms with Crippen molar-refractivity contribution in [1.29, 1.82) is 0 Å². The molecule has 0 aromatic carbocycles. The van der Waals surface area contributed by atoms with Gasteiger partial charge < -0.3 is 0 Å². The molecule has 0 aliphatic rings. The zero-order valence-corrected chi connectivity index (χ0v) is 9.36. The van der Waals surface area contributed by atoms with E-state index in [1.54, 1.807) is 6.08 Å². The highest BCUT2D eigenvalue weighted by Crippen LogP contribution is 2.20. The second-order valence-corrected chi connectivity index (χ2v) is 5.28. The minimum atomic E-state index is -0.306. The smallest absolute Gasteiger partial charge is 0.163 e. The summed E-state index contributed by atoms with van der Waals surface area (Å²) < 4.78 is -0.306. The summed E-state index contributed by atoms with van der Waals surface area (Å²) in [5, 5.41) is 0. The van der Waals surface area contributed by atoms with Gasteiger partial charge in [0, 0.05) is 4.32 Å². The van der Waals surface area contributed by atoms with Crippen LogP contribution in [0.5, 0.6) is 0 Å². The van der Waals surface area contributed by atoms with Crippen LogP contribution in [0.2, 0.25) is 0 Å². The van der Waals surface area contributed by atoms with Gasteiger partial charge >= 0.3 is 0 Å². The van der Waals surface area contributed by atoms with Gasteiger partial charge in [-0.15, -0.1) is 0 Å². The molecule has 68 valence electrons. The van der Waals surface area contributed by atoms with Crippen molar-refractivity contribution in [2.45, 2.75) is 32.0 Å². The molecule has 12 heavy (non-hydrogen) atoms. The van der Waals surface area contributed by atoms with Gasteiger partial charge in [-0.25, -0.2) is 0 Å². The molecule has 0 N–H and O–H groups in total. The maximum absolute atomic E-state index is 11.0. The van der Waals surface area contributed by atoms with Gasteiger partial charge in [0.2, 0.25) is 0 Å². The van der Waals surface area contributed by atoms with Gasteiger partial charge in [0.1, 0.15) is 0 Å². The molecule has 0 rings (SSSR count). The summed E-state index contributed by atoms with van der Waals surface area (Å²) in [5.74, 6) is -0.370. The van der Waals surface area contributed by atoms with Crippen LogP contribution in [0.4, 0.5) is 0 Å². The van der Waals surface area contributed by atoms with Crippen molar-refractivity contribution >= 4 is 27.5 Å². The van der Waals surface area contributed by atoms with Crippen LogP contribution in [0.15, 0.2) is 11.6 Å². The highest BCUT2D eigenvalue weighted by atomic mass is 79.9. The number of hydrogen-bond acceptors (Lipinski definition) is 2. The van der Waals surface area contributed by atoms with Crippen LogP contribution in [-0.2, 0) is 9.59 Å². The van der Waals surface area contributed by atoms with Crippen LogP contribution in [0.25, 0.3) is 0 Å². The van der Waals surface area contributed by atoms with Gasteiger partial charge in [0.25, 0.3) is 0 Å². The summed E-state index contributed by atoms with van der Waals surface area (Å²) in [4.78, 5) is 21.9. The van der Waals surface area contributed by atoms with Crippen LogP contribution < -0.4 is 0 Å². The fourth-order valence-electron chi connectivity index (χ4n) is 0.794. The lowest BCUT2D eigenvalue weighted by molar-refractivity contribution is -0.119. The molecule has 0 unspecified atom stereocenters. The number of hydrogen-bond donors (Lipinski definition) is 0. The highest BCUT2D eigenvalue weighted by Gasteiger charge is 2.16. The van der Waals surface area contributed by atoms with E-state index < -0.39 is 0 Å². The van der Waals surface area contributed by atoms with Crippen LogP contribution in [0.1, 0.15) is 27.7 Å². The first-order chi connectivity index (χ1) is 5.24. The summed E-state index contributed by atoms with van der Waals surface area (Å²) in [6.45, 7) is 6.54. The lowest BCUT2D eigenvalue weighted by Gasteiger charge is -2.11. The minimum absolute atomic E-state index is 0.185. The zero-order chi connectivity index (χ0) is 9.94. The Kier molecular flexibility index (Phi) is 3.84. The molecule has 2 nitrogen and oxygen atoms in total. The highest BCUT2D eigenvalue weighted by molar-refractivity contribution is 9.10. The molecule has 0 radical (unpaired) electrons. The number of halogens is 1. The van der Waals surface area contributed by atoms with Gasteiger partial charge in [-0.1, -0.05) is 22.0 Å². The van der Waals surface area contributed by atoms with Gasteiger partial charge in [-0.05, 0) is 27.7 Å². The molecule has 0 bridgehead atoms. The third-order valence-electron chi connectivity index (χ3n) is 1.25. The number of carbonyl (C=O) groups excluding carboxylic acids is 2. The Bertz CT molecular complexity index is 217. The SMILES string of the molecule is CC(=O)C(=CC(C)(C)Br)C(C)=O. The summed E-state index contributed by atoms with van der Waals surface area (Å²) in [7, 11) is 0. The molecule has 0 spiro atoms. The molecule has 0 saturated heterocycles. The predicted octanol–water partition coefficient (Wildman–Crippen LogP) is 2.26. The first kappa shape index (κ1) is 11.6. The van der Waals surface area contributed by atoms with Crippen molar-refractivity contribution in [2.75, 3.05) is 0 Å². The van der Waals surface area contributed by atoms with E-state index in [1.165, 1.54) is 13.8 Å². The molecule has 0 amide bonds. The van der Waals surface area contributed by atoms with Crippen molar-refractivity contribution < 1.29 is 9.59 Å². The lowest BCUT2D eigenvalue weighted by Crippen LogP contribution is -2.13. The van der Waals surface area contributed by atoms with E-state index in [0.717, 1.165) is 0 Å². The van der Waals surface area contributed by atoms with Crippen molar-refractivity contribution in [3.63, 3.8) is 0 Å². The number of ketones is 2. The van der Waals surface area contributed by atoms with Crippen LogP contribution in [-0.4, -0.2) is 15.9 Å². The molecule has 0 saturated carbocycles. The third-order valence-corrected chi connectivity index (χ3v) is 1.48. The Balaban J connectivity index is 4.88. The summed E-state index contributed by atoms with van der Waals surface area (Å²) in [6.07, 6.45) is 1.64. The van der Waals surface area contributed by atoms with E-state index in [2.05, 4.69) is 15.9 Å². The van der Waals surface area contributed by atoms with Crippen molar-refractivity contribution in [2.24, 2.45) is 0 Å². The molecule has 0 atom stereocenters. The topological polar surface area (TPSA) is 34.1 Å². The maximum atomic E-state index is 11.0. The summed E-state index contributed by atoms with van der Waals surface area (Å²) >= 11 is 3.33. The third kappa shape index (κ3) is 4.44. The normalized spacial score (nSPS) is 10.8. The van der Waals surface area contributed by atoms with E-state index in [9.17, 15) is 9.59 Å². The first-order valence-electron chi connectivity index (χ1n) is 3.67. The quantitative estimate of drug-likeness (QED) is 0.324. The van der Waals surface area contributed by atoms with Crippen LogP contribution >= 0.6 is 15.9 Å². The van der Waals surface area contributed by atoms with Crippen molar-refractivity contribution in [1.82, 2.24) is 0 Å². The average Bonchev–Trinajstić information content (AvgIpc) is 1.79. The van der Waals surface area contributed by atoms with E-state index in [1.807, 2.05) is 13.8 Å². The largest absolute Gasteiger partial charge is 0.294 e. The zero-order valence-electron chi connectivity index (χ0n) is 7.77. The number of alkyl halides is 1. The Morgan fingerprint density at radius 1 is 1.17 bits per heavy atom. The Hall–Kier alpha value is -0.440. The van der Waals surface area contributed by atoms with Gasteiger partial charge in [0.15, 0.2) is 11.6 Å². The molecule has 0 aromatic heterocycles. The Morgan fingerprint density at radius 2 is 1.50 bits per heavy atom. The van der Waals surface area contributed by atoms with Crippen molar-refractivity contribution in [3.8, 4) is 0 Å². The van der Waals surface area contributed by atoms with E-state index in [4.69, 9.17) is 0 Å². The Labute approximate surface area is 81.2 Å². The van der Waals surface area contributed by atoms with Crippen LogP contribution in [0.3, 0.4) is 0 Å². The van der Waals surface area contributed by atoms with E-state index in [-0.39, 0.29) is 21.5 Å². The lowest BCUT2D eigenvalue weighted by atomic mass is 10.0. The monoisotopic (exact) mass is 232 g/mol. The second kappa shape index (κ2) is 3.99. The summed E-state index contributed by atoms with van der Waals surface area (Å²) in [5.41, 5.74) is 0.261.